The summed E-state index contributed by atoms with van der Waals surface area (Å²) in [6, 6.07) is 7.96. The third kappa shape index (κ3) is 3.87. The lowest BCUT2D eigenvalue weighted by molar-refractivity contribution is -0.143. The summed E-state index contributed by atoms with van der Waals surface area (Å²) in [5, 5.41) is 0. The van der Waals surface area contributed by atoms with Crippen LogP contribution < -0.4 is 4.74 Å². The highest BCUT2D eigenvalue weighted by Gasteiger charge is 2.54. The molecule has 3 aliphatic heterocycles. The van der Waals surface area contributed by atoms with Crippen molar-refractivity contribution in [1.82, 2.24) is 14.7 Å². The van der Waals surface area contributed by atoms with Crippen molar-refractivity contribution in [3.8, 4) is 5.75 Å². The van der Waals surface area contributed by atoms with E-state index in [0.717, 1.165) is 69.6 Å². The molecule has 0 aromatic heterocycles. The molecule has 0 aliphatic carbocycles. The van der Waals surface area contributed by atoms with Crippen molar-refractivity contribution in [3.05, 3.63) is 29.8 Å². The fourth-order valence-electron chi connectivity index (χ4n) is 5.54. The molecule has 3 saturated heterocycles. The average Bonchev–Trinajstić information content (AvgIpc) is 3.32. The summed E-state index contributed by atoms with van der Waals surface area (Å²) in [6.07, 6.45) is 5.19. The van der Waals surface area contributed by atoms with Crippen molar-refractivity contribution in [2.24, 2.45) is 5.41 Å². The van der Waals surface area contributed by atoms with Gasteiger partial charge in [-0.25, -0.2) is 0 Å². The minimum Gasteiger partial charge on any atom is -0.497 e. The van der Waals surface area contributed by atoms with E-state index in [1.54, 1.807) is 7.11 Å². The Morgan fingerprint density at radius 1 is 1.07 bits per heavy atom. The summed E-state index contributed by atoms with van der Waals surface area (Å²) in [7, 11) is 3.78. The first kappa shape index (κ1) is 20.2. The zero-order valence-corrected chi connectivity index (χ0v) is 17.7. The normalized spacial score (nSPS) is 27.6. The maximum absolute atomic E-state index is 13.5. The lowest BCUT2D eigenvalue weighted by Gasteiger charge is -2.37. The van der Waals surface area contributed by atoms with Crippen molar-refractivity contribution in [2.75, 3.05) is 46.9 Å². The molecule has 0 unspecified atom stereocenters. The van der Waals surface area contributed by atoms with Gasteiger partial charge in [0.25, 0.3) is 0 Å². The molecule has 29 heavy (non-hydrogen) atoms. The minimum absolute atomic E-state index is 0.143. The Kier molecular flexibility index (Phi) is 5.81. The molecule has 4 rings (SSSR count). The Morgan fingerprint density at radius 2 is 1.83 bits per heavy atom. The van der Waals surface area contributed by atoms with E-state index in [4.69, 9.17) is 4.74 Å². The number of carbonyl (C=O) groups excluding carboxylic acids is 2. The molecule has 3 aliphatic rings. The number of ether oxygens (including phenoxy) is 1. The Bertz CT molecular complexity index is 761. The van der Waals surface area contributed by atoms with Crippen molar-refractivity contribution in [2.45, 2.75) is 44.6 Å². The Hall–Kier alpha value is -2.08. The zero-order valence-electron chi connectivity index (χ0n) is 17.7. The van der Waals surface area contributed by atoms with Gasteiger partial charge in [-0.15, -0.1) is 0 Å². The summed E-state index contributed by atoms with van der Waals surface area (Å²) in [5.74, 6) is 1.26. The van der Waals surface area contributed by atoms with Crippen molar-refractivity contribution in [3.63, 3.8) is 0 Å². The van der Waals surface area contributed by atoms with Crippen molar-refractivity contribution in [1.29, 1.82) is 0 Å². The highest BCUT2D eigenvalue weighted by atomic mass is 16.5. The Balaban J connectivity index is 1.48. The average molecular weight is 400 g/mol. The van der Waals surface area contributed by atoms with E-state index in [0.29, 0.717) is 18.9 Å². The molecule has 6 nitrogen and oxygen atoms in total. The van der Waals surface area contributed by atoms with Crippen molar-refractivity contribution < 1.29 is 14.3 Å². The van der Waals surface area contributed by atoms with Crippen LogP contribution in [0, 0.1) is 5.41 Å². The van der Waals surface area contributed by atoms with Crippen molar-refractivity contribution >= 4 is 11.8 Å². The van der Waals surface area contributed by atoms with Crippen LogP contribution in [0.15, 0.2) is 24.3 Å². The number of fused-ring (bicyclic) bond motifs is 1. The van der Waals surface area contributed by atoms with E-state index >= 15 is 0 Å². The second-order valence-electron chi connectivity index (χ2n) is 8.85. The summed E-state index contributed by atoms with van der Waals surface area (Å²) >= 11 is 0. The maximum Gasteiger partial charge on any atom is 0.230 e. The summed E-state index contributed by atoms with van der Waals surface area (Å²) in [5.41, 5.74) is 0.656. The first-order valence-electron chi connectivity index (χ1n) is 10.9. The number of hydrogen-bond acceptors (Lipinski definition) is 4. The lowest BCUT2D eigenvalue weighted by atomic mass is 9.75. The van der Waals surface area contributed by atoms with Gasteiger partial charge in [0.15, 0.2) is 0 Å². The second-order valence-corrected chi connectivity index (χ2v) is 8.85. The summed E-state index contributed by atoms with van der Waals surface area (Å²) in [4.78, 5) is 33.0. The molecule has 0 bridgehead atoms. The first-order valence-corrected chi connectivity index (χ1v) is 10.9. The molecule has 2 atom stereocenters. The molecule has 158 valence electrons. The van der Waals surface area contributed by atoms with Gasteiger partial charge in [0.2, 0.25) is 11.8 Å². The fourth-order valence-corrected chi connectivity index (χ4v) is 5.54. The van der Waals surface area contributed by atoms with Crippen LogP contribution in [0.4, 0.5) is 0 Å². The van der Waals surface area contributed by atoms with E-state index in [1.807, 2.05) is 29.2 Å². The molecule has 0 spiro atoms. The molecule has 0 N–H and O–H groups in total. The zero-order chi connectivity index (χ0) is 20.4. The van der Waals surface area contributed by atoms with Gasteiger partial charge in [-0.05, 0) is 63.4 Å². The smallest absolute Gasteiger partial charge is 0.230 e. The summed E-state index contributed by atoms with van der Waals surface area (Å²) < 4.78 is 5.28. The second kappa shape index (κ2) is 8.34. The van der Waals surface area contributed by atoms with Crippen LogP contribution in [-0.2, 0) is 16.0 Å². The Labute approximate surface area is 173 Å². The van der Waals surface area contributed by atoms with Gasteiger partial charge in [0.1, 0.15) is 5.75 Å². The molecule has 1 aromatic carbocycles. The van der Waals surface area contributed by atoms with E-state index in [-0.39, 0.29) is 17.4 Å². The van der Waals surface area contributed by atoms with Crippen LogP contribution in [0.3, 0.4) is 0 Å². The van der Waals surface area contributed by atoms with Crippen LogP contribution in [0.5, 0.6) is 5.75 Å². The number of likely N-dealkylation sites (tertiary alicyclic amines) is 3. The van der Waals surface area contributed by atoms with Gasteiger partial charge in [0, 0.05) is 32.2 Å². The van der Waals surface area contributed by atoms with Crippen LogP contribution in [0.2, 0.25) is 0 Å². The van der Waals surface area contributed by atoms with Crippen LogP contribution in [0.1, 0.15) is 37.7 Å². The number of benzene rings is 1. The van der Waals surface area contributed by atoms with Crippen LogP contribution in [0.25, 0.3) is 0 Å². The fraction of sp³-hybridized carbons (Fsp3) is 0.652. The highest BCUT2D eigenvalue weighted by Crippen LogP contribution is 2.45. The quantitative estimate of drug-likeness (QED) is 0.779. The molecule has 2 amide bonds. The molecule has 3 heterocycles. The minimum atomic E-state index is -0.315. The number of methoxy groups -OCH3 is 1. The van der Waals surface area contributed by atoms with Gasteiger partial charge < -0.3 is 19.4 Å². The van der Waals surface area contributed by atoms with Gasteiger partial charge in [0.05, 0.1) is 18.9 Å². The molecule has 3 fully saturated rings. The molecular weight excluding hydrogens is 366 g/mol. The monoisotopic (exact) mass is 399 g/mol. The topological polar surface area (TPSA) is 53.1 Å². The van der Waals surface area contributed by atoms with E-state index in [9.17, 15) is 9.59 Å². The standard InChI is InChI=1S/C23H33N3O3/c1-24-14-9-23(22(28)26-11-3-4-12-26)10-15-25(13-8-20(23)24)21(27)17-18-6-5-7-19(16-18)29-2/h5-7,16,20H,3-4,8-15,17H2,1-2H3/t20-,23-/m1/s1. The summed E-state index contributed by atoms with van der Waals surface area (Å²) in [6.45, 7) is 4.17. The maximum atomic E-state index is 13.5. The number of nitrogens with zero attached hydrogens (tertiary/aromatic N) is 3. The van der Waals surface area contributed by atoms with E-state index in [1.165, 1.54) is 0 Å². The number of amides is 2. The molecule has 6 heteroatoms. The first-order chi connectivity index (χ1) is 14.0. The van der Waals surface area contributed by atoms with Gasteiger partial charge in [-0.2, -0.15) is 0 Å². The predicted molar refractivity (Wildman–Crippen MR) is 112 cm³/mol. The van der Waals surface area contributed by atoms with E-state index < -0.39 is 0 Å². The van der Waals surface area contributed by atoms with Gasteiger partial charge in [-0.3, -0.25) is 9.59 Å². The van der Waals surface area contributed by atoms with E-state index in [2.05, 4.69) is 16.8 Å². The van der Waals surface area contributed by atoms with Gasteiger partial charge in [-0.1, -0.05) is 12.1 Å². The SMILES string of the molecule is COc1cccc(CC(=O)N2CC[C@H]3N(C)CC[C@@]3(C(=O)N3CCCC3)CC2)c1. The highest BCUT2D eigenvalue weighted by molar-refractivity contribution is 5.85. The number of carbonyl (C=O) groups is 2. The number of rotatable bonds is 4. The lowest BCUT2D eigenvalue weighted by Crippen LogP contribution is -2.49. The molecule has 0 radical (unpaired) electrons. The van der Waals surface area contributed by atoms with Crippen LogP contribution in [-0.4, -0.2) is 79.4 Å². The Morgan fingerprint density at radius 3 is 2.59 bits per heavy atom. The third-order valence-electron chi connectivity index (χ3n) is 7.24. The molecular formula is C23H33N3O3. The molecule has 0 saturated carbocycles. The predicted octanol–water partition coefficient (Wildman–Crippen LogP) is 2.17. The molecule has 1 aromatic rings. The van der Waals surface area contributed by atoms with Crippen LogP contribution >= 0.6 is 0 Å². The van der Waals surface area contributed by atoms with Gasteiger partial charge >= 0.3 is 0 Å². The number of hydrogen-bond donors (Lipinski definition) is 0. The third-order valence-corrected chi connectivity index (χ3v) is 7.24. The largest absolute Gasteiger partial charge is 0.497 e.